The highest BCUT2D eigenvalue weighted by molar-refractivity contribution is 5.94. The van der Waals surface area contributed by atoms with E-state index in [2.05, 4.69) is 12.2 Å². The van der Waals surface area contributed by atoms with Gasteiger partial charge >= 0.3 is 0 Å². The monoisotopic (exact) mass is 613 g/mol. The van der Waals surface area contributed by atoms with Gasteiger partial charge in [0, 0.05) is 5.56 Å². The third-order valence-corrected chi connectivity index (χ3v) is 8.10. The third kappa shape index (κ3) is 13.0. The summed E-state index contributed by atoms with van der Waals surface area (Å²) in [5.41, 5.74) is 0.264. The maximum atomic E-state index is 13.0. The molecule has 1 amide bonds. The average Bonchev–Trinajstić information content (AvgIpc) is 3.02. The molecule has 1 heterocycles. The minimum Gasteiger partial charge on any atom is -0.497 e. The number of nitrogens with one attached hydrogen (secondary N) is 1. The predicted octanol–water partition coefficient (Wildman–Crippen LogP) is 2.42. The maximum absolute atomic E-state index is 13.0. The van der Waals surface area contributed by atoms with Crippen LogP contribution in [0.4, 0.5) is 0 Å². The van der Waals surface area contributed by atoms with Gasteiger partial charge in [0.15, 0.2) is 6.29 Å². The molecule has 1 aliphatic heterocycles. The van der Waals surface area contributed by atoms with E-state index in [-0.39, 0.29) is 5.56 Å². The molecule has 1 fully saturated rings. The van der Waals surface area contributed by atoms with E-state index in [0.717, 1.165) is 19.3 Å². The van der Waals surface area contributed by atoms with Crippen molar-refractivity contribution < 1.29 is 49.6 Å². The fourth-order valence-electron chi connectivity index (χ4n) is 5.28. The molecule has 0 spiro atoms. The lowest BCUT2D eigenvalue weighted by Crippen LogP contribution is -2.60. The molecule has 2 rings (SSSR count). The van der Waals surface area contributed by atoms with E-state index in [1.54, 1.807) is 18.2 Å². The van der Waals surface area contributed by atoms with Crippen molar-refractivity contribution >= 4 is 5.91 Å². The van der Waals surface area contributed by atoms with Crippen molar-refractivity contribution in [2.24, 2.45) is 0 Å². The summed E-state index contributed by atoms with van der Waals surface area (Å²) < 4.78 is 16.2. The number of unbranched alkanes of at least 4 members (excludes halogenated alkanes) is 11. The van der Waals surface area contributed by atoms with E-state index in [0.29, 0.717) is 18.6 Å². The first-order valence-electron chi connectivity index (χ1n) is 16.0. The van der Waals surface area contributed by atoms with Gasteiger partial charge in [-0.1, -0.05) is 90.0 Å². The van der Waals surface area contributed by atoms with Gasteiger partial charge in [-0.15, -0.1) is 0 Å². The number of methoxy groups -OCH3 is 1. The zero-order valence-electron chi connectivity index (χ0n) is 25.9. The Morgan fingerprint density at radius 1 is 0.907 bits per heavy atom. The lowest BCUT2D eigenvalue weighted by Gasteiger charge is -2.40. The molecule has 1 saturated heterocycles. The van der Waals surface area contributed by atoms with Crippen molar-refractivity contribution in [2.45, 2.75) is 139 Å². The van der Waals surface area contributed by atoms with Gasteiger partial charge in [-0.25, -0.2) is 0 Å². The molecule has 0 aliphatic carbocycles. The van der Waals surface area contributed by atoms with E-state index < -0.39 is 68.1 Å². The van der Waals surface area contributed by atoms with Crippen LogP contribution in [0.3, 0.4) is 0 Å². The Bertz CT molecular complexity index is 887. The number of rotatable bonds is 22. The largest absolute Gasteiger partial charge is 0.497 e. The second-order valence-corrected chi connectivity index (χ2v) is 11.6. The van der Waals surface area contributed by atoms with Crippen molar-refractivity contribution in [1.82, 2.24) is 5.32 Å². The highest BCUT2D eigenvalue weighted by Gasteiger charge is 2.44. The summed E-state index contributed by atoms with van der Waals surface area (Å²) in [6.07, 6.45) is 4.39. The summed E-state index contributed by atoms with van der Waals surface area (Å²) >= 11 is 0. The first-order valence-corrected chi connectivity index (χ1v) is 16.0. The van der Waals surface area contributed by atoms with Crippen LogP contribution in [0.2, 0.25) is 0 Å². The molecule has 11 heteroatoms. The Hall–Kier alpha value is -1.83. The van der Waals surface area contributed by atoms with Gasteiger partial charge in [0.2, 0.25) is 0 Å². The van der Waals surface area contributed by atoms with Gasteiger partial charge in [0.05, 0.1) is 32.5 Å². The summed E-state index contributed by atoms with van der Waals surface area (Å²) in [7, 11) is 1.48. The standard InChI is InChI=1S/C32H55NO10/c1-3-4-5-6-7-8-9-10-11-12-13-14-18-25(35)27(36)24(33-31(40)22-16-15-17-23(19-22)41-2)21-42-32-30(39)29(38)28(37)26(20-34)43-32/h15-17,19,24-30,32,34-39H,3-14,18,20-21H2,1-2H3,(H,33,40). The molecular formula is C32H55NO10. The molecule has 1 aromatic carbocycles. The van der Waals surface area contributed by atoms with E-state index in [4.69, 9.17) is 14.2 Å². The van der Waals surface area contributed by atoms with Gasteiger partial charge in [0.1, 0.15) is 36.3 Å². The first-order chi connectivity index (χ1) is 20.7. The molecule has 11 nitrogen and oxygen atoms in total. The predicted molar refractivity (Wildman–Crippen MR) is 162 cm³/mol. The molecule has 8 unspecified atom stereocenters. The lowest BCUT2D eigenvalue weighted by atomic mass is 9.98. The summed E-state index contributed by atoms with van der Waals surface area (Å²) in [4.78, 5) is 13.0. The number of benzene rings is 1. The highest BCUT2D eigenvalue weighted by Crippen LogP contribution is 2.23. The summed E-state index contributed by atoms with van der Waals surface area (Å²) in [5.74, 6) is -0.0766. The topological polar surface area (TPSA) is 178 Å². The molecule has 0 bridgehead atoms. The van der Waals surface area contributed by atoms with Crippen LogP contribution in [-0.4, -0.2) is 106 Å². The van der Waals surface area contributed by atoms with Crippen molar-refractivity contribution in [3.63, 3.8) is 0 Å². The van der Waals surface area contributed by atoms with E-state index in [9.17, 15) is 35.4 Å². The van der Waals surface area contributed by atoms with Gasteiger partial charge in [-0.3, -0.25) is 4.79 Å². The molecule has 1 aromatic rings. The van der Waals surface area contributed by atoms with Crippen LogP contribution < -0.4 is 10.1 Å². The van der Waals surface area contributed by atoms with Gasteiger partial charge in [-0.05, 0) is 24.6 Å². The van der Waals surface area contributed by atoms with Crippen molar-refractivity contribution in [1.29, 1.82) is 0 Å². The summed E-state index contributed by atoms with van der Waals surface area (Å²) in [6, 6.07) is 5.32. The van der Waals surface area contributed by atoms with Crippen LogP contribution in [-0.2, 0) is 9.47 Å². The molecular weight excluding hydrogens is 558 g/mol. The molecule has 0 aromatic heterocycles. The minimum absolute atomic E-state index is 0.264. The van der Waals surface area contributed by atoms with Crippen LogP contribution in [0.15, 0.2) is 24.3 Å². The normalized spacial score (nSPS) is 24.3. The smallest absolute Gasteiger partial charge is 0.251 e. The van der Waals surface area contributed by atoms with Crippen molar-refractivity contribution in [3.05, 3.63) is 29.8 Å². The van der Waals surface area contributed by atoms with Crippen LogP contribution >= 0.6 is 0 Å². The van der Waals surface area contributed by atoms with Crippen molar-refractivity contribution in [3.8, 4) is 5.75 Å². The Morgan fingerprint density at radius 3 is 2.09 bits per heavy atom. The fraction of sp³-hybridized carbons (Fsp3) is 0.781. The fourth-order valence-corrected chi connectivity index (χ4v) is 5.28. The van der Waals surface area contributed by atoms with Gasteiger partial charge < -0.3 is 50.2 Å². The minimum atomic E-state index is -1.64. The number of amides is 1. The zero-order chi connectivity index (χ0) is 31.6. The lowest BCUT2D eigenvalue weighted by molar-refractivity contribution is -0.303. The zero-order valence-corrected chi connectivity index (χ0v) is 25.9. The second kappa shape index (κ2) is 21.0. The molecule has 1 aliphatic rings. The Labute approximate surface area is 256 Å². The van der Waals surface area contributed by atoms with Gasteiger partial charge in [-0.2, -0.15) is 0 Å². The Kier molecular flexibility index (Phi) is 18.2. The number of aliphatic hydroxyl groups excluding tert-OH is 6. The Balaban J connectivity index is 1.89. The van der Waals surface area contributed by atoms with Crippen LogP contribution in [0.5, 0.6) is 5.75 Å². The number of carbonyl (C=O) groups is 1. The molecule has 8 atom stereocenters. The van der Waals surface area contributed by atoms with E-state index >= 15 is 0 Å². The Morgan fingerprint density at radius 2 is 1.51 bits per heavy atom. The van der Waals surface area contributed by atoms with Crippen LogP contribution in [0.1, 0.15) is 101 Å². The number of aliphatic hydroxyl groups is 6. The molecule has 0 radical (unpaired) electrons. The highest BCUT2D eigenvalue weighted by atomic mass is 16.7. The third-order valence-electron chi connectivity index (χ3n) is 8.10. The van der Waals surface area contributed by atoms with Crippen LogP contribution in [0.25, 0.3) is 0 Å². The van der Waals surface area contributed by atoms with Crippen LogP contribution in [0, 0.1) is 0 Å². The molecule has 0 saturated carbocycles. The van der Waals surface area contributed by atoms with E-state index in [1.807, 2.05) is 0 Å². The van der Waals surface area contributed by atoms with E-state index in [1.165, 1.54) is 64.5 Å². The quantitative estimate of drug-likeness (QED) is 0.0961. The average molecular weight is 614 g/mol. The number of ether oxygens (including phenoxy) is 3. The first kappa shape index (κ1) is 37.4. The molecule has 248 valence electrons. The second-order valence-electron chi connectivity index (χ2n) is 11.6. The molecule has 7 N–H and O–H groups in total. The SMILES string of the molecule is CCCCCCCCCCCCCCC(O)C(O)C(COC1OC(CO)C(O)C(O)C1O)NC(=O)c1cccc(OC)c1. The number of hydrogen-bond acceptors (Lipinski definition) is 10. The van der Waals surface area contributed by atoms with Gasteiger partial charge in [0.25, 0.3) is 5.91 Å². The maximum Gasteiger partial charge on any atom is 0.251 e. The summed E-state index contributed by atoms with van der Waals surface area (Å²) in [6.45, 7) is 1.21. The van der Waals surface area contributed by atoms with Crippen molar-refractivity contribution in [2.75, 3.05) is 20.3 Å². The summed E-state index contributed by atoms with van der Waals surface area (Å²) in [5, 5.41) is 64.4. The molecule has 43 heavy (non-hydrogen) atoms. The number of carbonyl (C=O) groups excluding carboxylic acids is 1. The number of hydrogen-bond donors (Lipinski definition) is 7.